The molecule has 1 aromatic carbocycles. The van der Waals surface area contributed by atoms with Crippen LogP contribution in [0.2, 0.25) is 0 Å². The Kier molecular flexibility index (Phi) is 4.56. The molecule has 3 nitrogen and oxygen atoms in total. The predicted molar refractivity (Wildman–Crippen MR) is 70.8 cm³/mol. The number of benzene rings is 1. The van der Waals surface area contributed by atoms with Gasteiger partial charge < -0.3 is 15.2 Å². The lowest BCUT2D eigenvalue weighted by Crippen LogP contribution is -2.41. The van der Waals surface area contributed by atoms with E-state index in [-0.39, 0.29) is 18.2 Å². The van der Waals surface area contributed by atoms with Gasteiger partial charge in [-0.1, -0.05) is 41.1 Å². The Bertz CT molecular complexity index is 368. The smallest absolute Gasteiger partial charge is 0.105 e. The Hall–Kier alpha value is -0.420. The number of nitrogens with two attached hydrogens (primary N) is 1. The van der Waals surface area contributed by atoms with Crippen LogP contribution in [0.5, 0.6) is 0 Å². The third-order valence-electron chi connectivity index (χ3n) is 3.02. The van der Waals surface area contributed by atoms with Gasteiger partial charge in [0.25, 0.3) is 0 Å². The van der Waals surface area contributed by atoms with Gasteiger partial charge in [0.2, 0.25) is 0 Å². The highest BCUT2D eigenvalue weighted by atomic mass is 79.9. The van der Waals surface area contributed by atoms with Crippen molar-refractivity contribution in [1.82, 2.24) is 0 Å². The van der Waals surface area contributed by atoms with Gasteiger partial charge in [-0.25, -0.2) is 0 Å². The van der Waals surface area contributed by atoms with E-state index in [0.717, 1.165) is 16.5 Å². The monoisotopic (exact) mass is 299 g/mol. The molecule has 0 radical (unpaired) electrons. The van der Waals surface area contributed by atoms with Gasteiger partial charge in [0.05, 0.1) is 19.3 Å². The number of halogens is 1. The maximum absolute atomic E-state index is 6.16. The molecule has 2 N–H and O–H groups in total. The lowest BCUT2D eigenvalue weighted by atomic mass is 10.0. The number of ether oxygens (including phenoxy) is 2. The van der Waals surface area contributed by atoms with E-state index in [1.54, 1.807) is 0 Å². The van der Waals surface area contributed by atoms with E-state index < -0.39 is 0 Å². The second-order valence-electron chi connectivity index (χ2n) is 4.31. The van der Waals surface area contributed by atoms with Crippen LogP contribution >= 0.6 is 15.9 Å². The molecule has 17 heavy (non-hydrogen) atoms. The van der Waals surface area contributed by atoms with Crippen LogP contribution in [0.4, 0.5) is 0 Å². The zero-order valence-electron chi connectivity index (χ0n) is 9.93. The first-order valence-electron chi connectivity index (χ1n) is 5.95. The summed E-state index contributed by atoms with van der Waals surface area (Å²) in [5.41, 5.74) is 7.28. The summed E-state index contributed by atoms with van der Waals surface area (Å²) < 4.78 is 12.2. The van der Waals surface area contributed by atoms with Crippen LogP contribution in [0, 0.1) is 0 Å². The van der Waals surface area contributed by atoms with Gasteiger partial charge in [-0.15, -0.1) is 0 Å². The molecule has 1 fully saturated rings. The van der Waals surface area contributed by atoms with Crippen LogP contribution in [-0.4, -0.2) is 25.4 Å². The average Bonchev–Trinajstić information content (AvgIpc) is 2.29. The molecule has 4 heteroatoms. The molecule has 94 valence electrons. The highest BCUT2D eigenvalue weighted by Gasteiger charge is 2.28. The molecule has 0 bridgehead atoms. The summed E-state index contributed by atoms with van der Waals surface area (Å²) in [7, 11) is 0. The van der Waals surface area contributed by atoms with E-state index >= 15 is 0 Å². The van der Waals surface area contributed by atoms with Crippen LogP contribution in [-0.2, 0) is 9.47 Å². The zero-order chi connectivity index (χ0) is 12.3. The molecule has 1 aromatic rings. The maximum Gasteiger partial charge on any atom is 0.105 e. The number of hydrogen-bond donors (Lipinski definition) is 1. The highest BCUT2D eigenvalue weighted by molar-refractivity contribution is 9.10. The average molecular weight is 300 g/mol. The van der Waals surface area contributed by atoms with Crippen molar-refractivity contribution in [2.45, 2.75) is 31.6 Å². The second-order valence-corrected chi connectivity index (χ2v) is 5.16. The van der Waals surface area contributed by atoms with Gasteiger partial charge >= 0.3 is 0 Å². The summed E-state index contributed by atoms with van der Waals surface area (Å²) in [6.07, 6.45) is 1.01. The molecule has 1 aliphatic heterocycles. The van der Waals surface area contributed by atoms with Crippen LogP contribution in [0.3, 0.4) is 0 Å². The Labute approximate surface area is 110 Å². The number of rotatable bonds is 5. The summed E-state index contributed by atoms with van der Waals surface area (Å²) in [5, 5.41) is 0. The minimum absolute atomic E-state index is 0.00861. The maximum atomic E-state index is 6.16. The van der Waals surface area contributed by atoms with E-state index in [1.165, 1.54) is 0 Å². The third-order valence-corrected chi connectivity index (χ3v) is 3.74. The van der Waals surface area contributed by atoms with Crippen molar-refractivity contribution in [3.63, 3.8) is 0 Å². The normalized spacial score (nSPS) is 19.7. The Morgan fingerprint density at radius 2 is 2.18 bits per heavy atom. The van der Waals surface area contributed by atoms with Crippen molar-refractivity contribution >= 4 is 15.9 Å². The predicted octanol–water partition coefficient (Wildman–Crippen LogP) is 2.64. The summed E-state index contributed by atoms with van der Waals surface area (Å²) >= 11 is 3.56. The summed E-state index contributed by atoms with van der Waals surface area (Å²) in [6.45, 7) is 3.43. The fourth-order valence-corrected chi connectivity index (χ4v) is 2.34. The summed E-state index contributed by atoms with van der Waals surface area (Å²) in [5.74, 6) is 0. The molecule has 1 heterocycles. The molecular weight excluding hydrogens is 282 g/mol. The molecule has 0 aliphatic carbocycles. The minimum Gasteiger partial charge on any atom is -0.376 e. The molecule has 0 amide bonds. The van der Waals surface area contributed by atoms with E-state index in [2.05, 4.69) is 28.9 Å². The van der Waals surface area contributed by atoms with Crippen molar-refractivity contribution in [2.24, 2.45) is 5.73 Å². The quantitative estimate of drug-likeness (QED) is 0.909. The van der Waals surface area contributed by atoms with Crippen LogP contribution in [0.15, 0.2) is 28.7 Å². The first kappa shape index (κ1) is 13.0. The van der Waals surface area contributed by atoms with Gasteiger partial charge in [0, 0.05) is 10.5 Å². The van der Waals surface area contributed by atoms with Crippen molar-refractivity contribution in [2.75, 3.05) is 13.2 Å². The van der Waals surface area contributed by atoms with Crippen LogP contribution in [0.25, 0.3) is 0 Å². The van der Waals surface area contributed by atoms with Crippen molar-refractivity contribution in [1.29, 1.82) is 0 Å². The van der Waals surface area contributed by atoms with E-state index in [0.29, 0.717) is 13.2 Å². The first-order valence-corrected chi connectivity index (χ1v) is 6.75. The standard InChI is InChI=1S/C13H18BrNO2/c1-2-12(15)13(17-9-7-16-8-9)10-5-3-4-6-11(10)14/h3-6,9,12-13H,2,7-8,15H2,1H3. The van der Waals surface area contributed by atoms with E-state index in [9.17, 15) is 0 Å². The third kappa shape index (κ3) is 3.07. The first-order chi connectivity index (χ1) is 8.22. The lowest BCUT2D eigenvalue weighted by molar-refractivity contribution is -0.160. The lowest BCUT2D eigenvalue weighted by Gasteiger charge is -2.33. The van der Waals surface area contributed by atoms with Gasteiger partial charge in [0.15, 0.2) is 0 Å². The largest absolute Gasteiger partial charge is 0.376 e. The van der Waals surface area contributed by atoms with Crippen LogP contribution < -0.4 is 5.73 Å². The topological polar surface area (TPSA) is 44.5 Å². The highest BCUT2D eigenvalue weighted by Crippen LogP contribution is 2.30. The Balaban J connectivity index is 2.16. The van der Waals surface area contributed by atoms with Crippen molar-refractivity contribution < 1.29 is 9.47 Å². The molecule has 2 unspecified atom stereocenters. The summed E-state index contributed by atoms with van der Waals surface area (Å²) in [4.78, 5) is 0. The molecule has 2 rings (SSSR count). The van der Waals surface area contributed by atoms with Gasteiger partial charge in [-0.2, -0.15) is 0 Å². The fraction of sp³-hybridized carbons (Fsp3) is 0.538. The Morgan fingerprint density at radius 3 is 2.71 bits per heavy atom. The molecule has 0 spiro atoms. The Morgan fingerprint density at radius 1 is 1.47 bits per heavy atom. The van der Waals surface area contributed by atoms with Gasteiger partial charge in [-0.3, -0.25) is 0 Å². The zero-order valence-corrected chi connectivity index (χ0v) is 11.5. The van der Waals surface area contributed by atoms with Crippen molar-refractivity contribution in [3.8, 4) is 0 Å². The second kappa shape index (κ2) is 5.96. The minimum atomic E-state index is -0.0653. The van der Waals surface area contributed by atoms with Gasteiger partial charge in [-0.05, 0) is 18.1 Å². The molecule has 0 aromatic heterocycles. The molecule has 1 aliphatic rings. The molecule has 0 saturated carbocycles. The fourth-order valence-electron chi connectivity index (χ4n) is 1.82. The molecular formula is C13H18BrNO2. The summed E-state index contributed by atoms with van der Waals surface area (Å²) in [6, 6.07) is 8.09. The van der Waals surface area contributed by atoms with Crippen molar-refractivity contribution in [3.05, 3.63) is 34.3 Å². The van der Waals surface area contributed by atoms with E-state index in [1.807, 2.05) is 18.2 Å². The number of hydrogen-bond acceptors (Lipinski definition) is 3. The molecule has 1 saturated heterocycles. The SMILES string of the molecule is CCC(N)C(OC1COC1)c1ccccc1Br. The van der Waals surface area contributed by atoms with Gasteiger partial charge in [0.1, 0.15) is 6.10 Å². The molecule has 2 atom stereocenters. The van der Waals surface area contributed by atoms with E-state index in [4.69, 9.17) is 15.2 Å². The van der Waals surface area contributed by atoms with Crippen LogP contribution in [0.1, 0.15) is 25.0 Å².